The molecule has 0 aliphatic carbocycles. The highest BCUT2D eigenvalue weighted by atomic mass is 32.1. The summed E-state index contributed by atoms with van der Waals surface area (Å²) < 4.78 is 0. The summed E-state index contributed by atoms with van der Waals surface area (Å²) in [5.41, 5.74) is 1.62. The van der Waals surface area contributed by atoms with Crippen molar-refractivity contribution in [2.75, 3.05) is 0 Å². The zero-order valence-corrected chi connectivity index (χ0v) is 14.3. The molecule has 6 nitrogen and oxygen atoms in total. The Morgan fingerprint density at radius 1 is 1.32 bits per heavy atom. The van der Waals surface area contributed by atoms with Crippen molar-refractivity contribution in [3.05, 3.63) is 62.0 Å². The van der Waals surface area contributed by atoms with Crippen molar-refractivity contribution >= 4 is 39.2 Å². The van der Waals surface area contributed by atoms with E-state index < -0.39 is 5.97 Å². The Labute approximate surface area is 146 Å². The molecule has 25 heavy (non-hydrogen) atoms. The van der Waals surface area contributed by atoms with Crippen LogP contribution in [0.4, 0.5) is 0 Å². The fourth-order valence-electron chi connectivity index (χ4n) is 2.42. The number of allylic oxidation sites excluding steroid dienone is 1. The van der Waals surface area contributed by atoms with Crippen molar-refractivity contribution in [2.24, 2.45) is 0 Å². The first kappa shape index (κ1) is 16.6. The van der Waals surface area contributed by atoms with Gasteiger partial charge in [-0.05, 0) is 43.2 Å². The summed E-state index contributed by atoms with van der Waals surface area (Å²) in [6.45, 7) is 3.79. The second kappa shape index (κ2) is 6.34. The summed E-state index contributed by atoms with van der Waals surface area (Å²) in [7, 11) is 0. The van der Waals surface area contributed by atoms with Crippen molar-refractivity contribution < 1.29 is 9.90 Å². The van der Waals surface area contributed by atoms with Gasteiger partial charge in [-0.15, -0.1) is 11.3 Å². The highest BCUT2D eigenvalue weighted by Gasteiger charge is 2.14. The minimum absolute atomic E-state index is 0.160. The number of nitrogens with zero attached hydrogens (tertiary/aromatic N) is 2. The molecule has 0 atom stereocenters. The summed E-state index contributed by atoms with van der Waals surface area (Å²) >= 11 is 1.41. The van der Waals surface area contributed by atoms with Crippen LogP contribution in [0.15, 0.2) is 29.1 Å². The molecule has 0 spiro atoms. The van der Waals surface area contributed by atoms with Crippen molar-refractivity contribution in [1.29, 1.82) is 5.26 Å². The highest BCUT2D eigenvalue weighted by Crippen LogP contribution is 2.26. The van der Waals surface area contributed by atoms with Gasteiger partial charge in [0.05, 0.1) is 16.5 Å². The Balaban J connectivity index is 2.09. The fraction of sp³-hybridized carbons (Fsp3) is 0.111. The van der Waals surface area contributed by atoms with Gasteiger partial charge in [0, 0.05) is 4.88 Å². The second-order valence-electron chi connectivity index (χ2n) is 5.47. The lowest BCUT2D eigenvalue weighted by molar-refractivity contribution is 0.0697. The number of nitrogens with one attached hydrogen (secondary N) is 1. The van der Waals surface area contributed by atoms with Gasteiger partial charge in [-0.2, -0.15) is 5.26 Å². The number of hydrogen-bond donors (Lipinski definition) is 2. The van der Waals surface area contributed by atoms with Gasteiger partial charge in [-0.3, -0.25) is 4.79 Å². The molecule has 3 aromatic rings. The van der Waals surface area contributed by atoms with Gasteiger partial charge < -0.3 is 10.1 Å². The first-order valence-corrected chi connectivity index (χ1v) is 8.18. The Morgan fingerprint density at radius 2 is 2.00 bits per heavy atom. The van der Waals surface area contributed by atoms with Crippen LogP contribution in [0, 0.1) is 25.2 Å². The van der Waals surface area contributed by atoms with Crippen molar-refractivity contribution in [2.45, 2.75) is 13.8 Å². The molecule has 0 saturated carbocycles. The molecule has 2 N–H and O–H groups in total. The summed E-state index contributed by atoms with van der Waals surface area (Å²) in [4.78, 5) is 31.9. The van der Waals surface area contributed by atoms with Crippen LogP contribution in [-0.2, 0) is 0 Å². The fourth-order valence-corrected chi connectivity index (χ4v) is 3.45. The average molecular weight is 351 g/mol. The molecule has 0 aliphatic rings. The number of carboxylic acids is 1. The number of fused-ring (bicyclic) bond motifs is 1. The summed E-state index contributed by atoms with van der Waals surface area (Å²) in [5, 5.41) is 18.9. The van der Waals surface area contributed by atoms with E-state index >= 15 is 0 Å². The second-order valence-corrected chi connectivity index (χ2v) is 6.68. The van der Waals surface area contributed by atoms with Gasteiger partial charge in [0.1, 0.15) is 10.9 Å². The number of aromatic amines is 1. The van der Waals surface area contributed by atoms with Crippen LogP contribution in [0.5, 0.6) is 0 Å². The SMILES string of the molecule is Cc1sc2nc(/C(C#N)=C/c3ccc(C(=O)O)cc3)[nH]c(=O)c2c1C. The van der Waals surface area contributed by atoms with E-state index in [1.165, 1.54) is 23.5 Å². The maximum Gasteiger partial charge on any atom is 0.335 e. The minimum atomic E-state index is -1.02. The molecule has 7 heteroatoms. The molecule has 3 rings (SSSR count). The smallest absolute Gasteiger partial charge is 0.335 e. The number of aryl methyl sites for hydroxylation is 2. The number of carbonyl (C=O) groups is 1. The summed E-state index contributed by atoms with van der Waals surface area (Å²) in [6, 6.07) is 8.13. The lowest BCUT2D eigenvalue weighted by Crippen LogP contribution is -2.10. The number of H-pyrrole nitrogens is 1. The number of hydrogen-bond acceptors (Lipinski definition) is 5. The van der Waals surface area contributed by atoms with E-state index in [4.69, 9.17) is 5.11 Å². The Morgan fingerprint density at radius 3 is 2.60 bits per heavy atom. The molecular weight excluding hydrogens is 338 g/mol. The number of aromatic nitrogens is 2. The third-order valence-corrected chi connectivity index (χ3v) is 4.98. The third-order valence-electron chi connectivity index (χ3n) is 3.88. The van der Waals surface area contributed by atoms with Crippen LogP contribution in [0.1, 0.15) is 32.2 Å². The average Bonchev–Trinajstić information content (AvgIpc) is 2.87. The maximum atomic E-state index is 12.3. The molecule has 0 bridgehead atoms. The molecule has 0 aliphatic heterocycles. The Kier molecular flexibility index (Phi) is 4.21. The van der Waals surface area contributed by atoms with Gasteiger partial charge in [-0.25, -0.2) is 9.78 Å². The van der Waals surface area contributed by atoms with Gasteiger partial charge in [-0.1, -0.05) is 12.1 Å². The van der Waals surface area contributed by atoms with E-state index in [1.807, 2.05) is 19.9 Å². The molecule has 0 amide bonds. The van der Waals surface area contributed by atoms with Crippen LogP contribution in [0.2, 0.25) is 0 Å². The van der Waals surface area contributed by atoms with Crippen molar-refractivity contribution in [3.63, 3.8) is 0 Å². The highest BCUT2D eigenvalue weighted by molar-refractivity contribution is 7.18. The molecular formula is C18H13N3O3S. The summed E-state index contributed by atoms with van der Waals surface area (Å²) in [6.07, 6.45) is 1.56. The predicted molar refractivity (Wildman–Crippen MR) is 96.6 cm³/mol. The largest absolute Gasteiger partial charge is 0.478 e. The van der Waals surface area contributed by atoms with Crippen molar-refractivity contribution in [3.8, 4) is 6.07 Å². The molecule has 0 radical (unpaired) electrons. The van der Waals surface area contributed by atoms with Gasteiger partial charge in [0.2, 0.25) is 0 Å². The van der Waals surface area contributed by atoms with Crippen LogP contribution < -0.4 is 5.56 Å². The number of aromatic carboxylic acids is 1. The standard InChI is InChI=1S/C18H13N3O3S/c1-9-10(2)25-17-14(9)16(22)20-15(21-17)13(8-19)7-11-3-5-12(6-4-11)18(23)24/h3-7H,1-2H3,(H,23,24)(H,20,21,22)/b13-7+. The van der Waals surface area contributed by atoms with E-state index in [2.05, 4.69) is 9.97 Å². The number of nitriles is 1. The molecule has 2 heterocycles. The zero-order valence-electron chi connectivity index (χ0n) is 13.5. The monoisotopic (exact) mass is 351 g/mol. The number of carboxylic acid groups (broad SMARTS) is 1. The quantitative estimate of drug-likeness (QED) is 0.704. The first-order valence-electron chi connectivity index (χ1n) is 7.36. The lowest BCUT2D eigenvalue weighted by Gasteiger charge is -2.01. The Hall–Kier alpha value is -3.24. The van der Waals surface area contributed by atoms with Crippen molar-refractivity contribution in [1.82, 2.24) is 9.97 Å². The van der Waals surface area contributed by atoms with Crippen LogP contribution >= 0.6 is 11.3 Å². The third kappa shape index (κ3) is 3.07. The minimum Gasteiger partial charge on any atom is -0.478 e. The zero-order chi connectivity index (χ0) is 18.1. The van der Waals surface area contributed by atoms with E-state index in [0.29, 0.717) is 15.8 Å². The normalized spacial score (nSPS) is 11.5. The first-order chi connectivity index (χ1) is 11.9. The number of thiophene rings is 1. The van der Waals surface area contributed by atoms with Crippen LogP contribution in [-0.4, -0.2) is 21.0 Å². The number of rotatable bonds is 3. The Bertz CT molecular complexity index is 1120. The molecule has 124 valence electrons. The molecule has 0 unspecified atom stereocenters. The molecule has 2 aromatic heterocycles. The molecule has 1 aromatic carbocycles. The van der Waals surface area contributed by atoms with Gasteiger partial charge in [0.25, 0.3) is 5.56 Å². The van der Waals surface area contributed by atoms with E-state index in [-0.39, 0.29) is 22.5 Å². The number of benzene rings is 1. The molecule has 0 fully saturated rings. The molecule has 0 saturated heterocycles. The van der Waals surface area contributed by atoms with Crippen LogP contribution in [0.25, 0.3) is 21.9 Å². The van der Waals surface area contributed by atoms with E-state index in [1.54, 1.807) is 18.2 Å². The lowest BCUT2D eigenvalue weighted by atomic mass is 10.1. The summed E-state index contributed by atoms with van der Waals surface area (Å²) in [5.74, 6) is -0.820. The van der Waals surface area contributed by atoms with E-state index in [9.17, 15) is 14.9 Å². The van der Waals surface area contributed by atoms with E-state index in [0.717, 1.165) is 10.4 Å². The topological polar surface area (TPSA) is 107 Å². The van der Waals surface area contributed by atoms with Gasteiger partial charge >= 0.3 is 5.97 Å². The van der Waals surface area contributed by atoms with Gasteiger partial charge in [0.15, 0.2) is 5.82 Å². The predicted octanol–water partition coefficient (Wildman–Crippen LogP) is 3.36. The van der Waals surface area contributed by atoms with Crippen LogP contribution in [0.3, 0.4) is 0 Å². The maximum absolute atomic E-state index is 12.3.